The Hall–Kier alpha value is -3.53. The highest BCUT2D eigenvalue weighted by atomic mass is 16.1. The van der Waals surface area contributed by atoms with Crippen LogP contribution >= 0.6 is 0 Å². The number of hydrogen-bond donors (Lipinski definition) is 4. The number of primary amides is 1. The number of carbonyl (C=O) groups is 1. The molecule has 10 nitrogen and oxygen atoms in total. The van der Waals surface area contributed by atoms with E-state index in [4.69, 9.17) is 11.5 Å². The van der Waals surface area contributed by atoms with Crippen LogP contribution in [0.3, 0.4) is 0 Å². The molecule has 0 aliphatic heterocycles. The van der Waals surface area contributed by atoms with E-state index in [-0.39, 0.29) is 11.6 Å². The minimum absolute atomic E-state index is 0.0675. The van der Waals surface area contributed by atoms with Crippen molar-refractivity contribution >= 4 is 23.4 Å². The van der Waals surface area contributed by atoms with Crippen LogP contribution in [0.1, 0.15) is 22.8 Å². The molecule has 2 aromatic heterocycles. The lowest BCUT2D eigenvalue weighted by molar-refractivity contribution is 0.100. The first-order valence-electron chi connectivity index (χ1n) is 8.34. The first kappa shape index (κ1) is 18.3. The molecule has 6 N–H and O–H groups in total. The fourth-order valence-corrected chi connectivity index (χ4v) is 2.37. The zero-order valence-electron chi connectivity index (χ0n) is 15.0. The van der Waals surface area contributed by atoms with E-state index in [1.807, 2.05) is 32.0 Å². The average molecular weight is 367 g/mol. The van der Waals surface area contributed by atoms with Crippen LogP contribution in [0, 0.1) is 6.92 Å². The average Bonchev–Trinajstić information content (AvgIpc) is 3.16. The molecule has 3 rings (SSSR count). The Morgan fingerprint density at radius 1 is 1.30 bits per heavy atom. The van der Waals surface area contributed by atoms with E-state index in [1.165, 1.54) is 11.0 Å². The van der Waals surface area contributed by atoms with Gasteiger partial charge in [0.25, 0.3) is 5.91 Å². The molecule has 0 aliphatic rings. The summed E-state index contributed by atoms with van der Waals surface area (Å²) >= 11 is 0. The lowest BCUT2D eigenvalue weighted by Crippen LogP contribution is -2.26. The molecule has 27 heavy (non-hydrogen) atoms. The van der Waals surface area contributed by atoms with E-state index in [0.29, 0.717) is 24.0 Å². The van der Waals surface area contributed by atoms with Gasteiger partial charge in [-0.3, -0.25) is 4.79 Å². The van der Waals surface area contributed by atoms with Crippen molar-refractivity contribution in [3.8, 4) is 5.69 Å². The molecule has 2 heterocycles. The number of nitrogens with one attached hydrogen (secondary N) is 2. The Balaban J connectivity index is 1.93. The van der Waals surface area contributed by atoms with Crippen LogP contribution in [0.5, 0.6) is 0 Å². The maximum Gasteiger partial charge on any atom is 0.254 e. The van der Waals surface area contributed by atoms with Crippen LogP contribution in [0.4, 0.5) is 17.5 Å². The molecule has 3 aromatic rings. The summed E-state index contributed by atoms with van der Waals surface area (Å²) in [7, 11) is 0. The number of rotatable bonds is 7. The number of anilines is 3. The zero-order valence-corrected chi connectivity index (χ0v) is 15.0. The Bertz CT molecular complexity index is 938. The standard InChI is InChI=1S/C17H21N9O/c1-10-3-4-12(7-14(10)26-22-5-6-23-26)24-16-13(15(19)27)9-21-17(25-16)20-8-11(2)18/h3-7,9,11H,8,18H2,1-2H3,(H2,19,27)(H2,20,21,24,25)/t11-/m0/s1. The fraction of sp³-hybridized carbons (Fsp3) is 0.235. The van der Waals surface area contributed by atoms with Crippen molar-refractivity contribution in [2.24, 2.45) is 11.5 Å². The monoisotopic (exact) mass is 367 g/mol. The molecule has 0 bridgehead atoms. The predicted molar refractivity (Wildman–Crippen MR) is 102 cm³/mol. The molecule has 0 fully saturated rings. The smallest absolute Gasteiger partial charge is 0.254 e. The maximum absolute atomic E-state index is 11.7. The highest BCUT2D eigenvalue weighted by Crippen LogP contribution is 2.23. The number of aromatic nitrogens is 5. The molecular formula is C17H21N9O. The topological polar surface area (TPSA) is 150 Å². The van der Waals surface area contributed by atoms with E-state index in [0.717, 1.165) is 11.3 Å². The third kappa shape index (κ3) is 4.36. The molecular weight excluding hydrogens is 346 g/mol. The Kier molecular flexibility index (Phi) is 5.27. The molecule has 0 unspecified atom stereocenters. The summed E-state index contributed by atoms with van der Waals surface area (Å²) in [5.41, 5.74) is 13.9. The Morgan fingerprint density at radius 3 is 2.70 bits per heavy atom. The number of amides is 1. The van der Waals surface area contributed by atoms with Gasteiger partial charge in [0.15, 0.2) is 0 Å². The third-order valence-corrected chi connectivity index (χ3v) is 3.74. The summed E-state index contributed by atoms with van der Waals surface area (Å²) in [5.74, 6) is 0.0195. The molecule has 140 valence electrons. The lowest BCUT2D eigenvalue weighted by Gasteiger charge is -2.13. The molecule has 0 saturated heterocycles. The summed E-state index contributed by atoms with van der Waals surface area (Å²) in [6, 6.07) is 5.57. The van der Waals surface area contributed by atoms with Gasteiger partial charge >= 0.3 is 0 Å². The first-order chi connectivity index (χ1) is 12.9. The van der Waals surface area contributed by atoms with Gasteiger partial charge in [-0.05, 0) is 31.5 Å². The van der Waals surface area contributed by atoms with Gasteiger partial charge in [-0.15, -0.1) is 0 Å². The third-order valence-electron chi connectivity index (χ3n) is 3.74. The van der Waals surface area contributed by atoms with Gasteiger partial charge in [0.05, 0.1) is 18.1 Å². The second-order valence-corrected chi connectivity index (χ2v) is 6.12. The fourth-order valence-electron chi connectivity index (χ4n) is 2.37. The minimum Gasteiger partial charge on any atom is -0.365 e. The number of hydrogen-bond acceptors (Lipinski definition) is 8. The van der Waals surface area contributed by atoms with Crippen molar-refractivity contribution < 1.29 is 4.79 Å². The van der Waals surface area contributed by atoms with E-state index in [1.54, 1.807) is 12.4 Å². The van der Waals surface area contributed by atoms with Gasteiger partial charge in [-0.25, -0.2) is 4.98 Å². The molecule has 1 amide bonds. The number of nitrogens with two attached hydrogens (primary N) is 2. The molecule has 0 spiro atoms. The molecule has 1 atom stereocenters. The van der Waals surface area contributed by atoms with E-state index in [9.17, 15) is 4.79 Å². The Morgan fingerprint density at radius 2 is 2.04 bits per heavy atom. The van der Waals surface area contributed by atoms with Gasteiger partial charge in [-0.2, -0.15) is 20.0 Å². The largest absolute Gasteiger partial charge is 0.365 e. The van der Waals surface area contributed by atoms with Crippen LogP contribution in [0.2, 0.25) is 0 Å². The van der Waals surface area contributed by atoms with E-state index in [2.05, 4.69) is 30.8 Å². The van der Waals surface area contributed by atoms with Gasteiger partial charge in [0, 0.05) is 24.5 Å². The minimum atomic E-state index is -0.627. The van der Waals surface area contributed by atoms with Crippen molar-refractivity contribution in [1.29, 1.82) is 0 Å². The summed E-state index contributed by atoms with van der Waals surface area (Å²) < 4.78 is 0. The van der Waals surface area contributed by atoms with Crippen LogP contribution in [-0.2, 0) is 0 Å². The second-order valence-electron chi connectivity index (χ2n) is 6.12. The number of nitrogens with zero attached hydrogens (tertiary/aromatic N) is 5. The van der Waals surface area contributed by atoms with Crippen molar-refractivity contribution in [1.82, 2.24) is 25.0 Å². The maximum atomic E-state index is 11.7. The van der Waals surface area contributed by atoms with E-state index >= 15 is 0 Å². The Labute approximate surface area is 156 Å². The molecule has 1 aromatic carbocycles. The quantitative estimate of drug-likeness (QED) is 0.482. The summed E-state index contributed by atoms with van der Waals surface area (Å²) in [4.78, 5) is 21.7. The normalized spacial score (nSPS) is 11.8. The van der Waals surface area contributed by atoms with Gasteiger partial charge in [0.2, 0.25) is 5.95 Å². The van der Waals surface area contributed by atoms with Crippen LogP contribution in [0.15, 0.2) is 36.8 Å². The molecule has 0 aliphatic carbocycles. The van der Waals surface area contributed by atoms with Crippen LogP contribution in [0.25, 0.3) is 5.69 Å². The van der Waals surface area contributed by atoms with Crippen molar-refractivity contribution in [2.45, 2.75) is 19.9 Å². The number of aryl methyl sites for hydroxylation is 1. The SMILES string of the molecule is Cc1ccc(Nc2nc(NC[C@H](C)N)ncc2C(N)=O)cc1-n1nccn1. The summed E-state index contributed by atoms with van der Waals surface area (Å²) in [5, 5.41) is 14.4. The summed E-state index contributed by atoms with van der Waals surface area (Å²) in [6.07, 6.45) is 4.59. The van der Waals surface area contributed by atoms with Gasteiger partial charge in [0.1, 0.15) is 11.4 Å². The summed E-state index contributed by atoms with van der Waals surface area (Å²) in [6.45, 7) is 4.31. The van der Waals surface area contributed by atoms with Gasteiger partial charge < -0.3 is 22.1 Å². The zero-order chi connectivity index (χ0) is 19.4. The first-order valence-corrected chi connectivity index (χ1v) is 8.34. The van der Waals surface area contributed by atoms with E-state index < -0.39 is 5.91 Å². The van der Waals surface area contributed by atoms with Gasteiger partial charge in [-0.1, -0.05) is 6.07 Å². The number of carbonyl (C=O) groups excluding carboxylic acids is 1. The lowest BCUT2D eigenvalue weighted by atomic mass is 10.2. The highest BCUT2D eigenvalue weighted by molar-refractivity contribution is 5.98. The molecule has 0 radical (unpaired) electrons. The molecule has 0 saturated carbocycles. The van der Waals surface area contributed by atoms with Crippen LogP contribution < -0.4 is 22.1 Å². The van der Waals surface area contributed by atoms with Crippen LogP contribution in [-0.4, -0.2) is 43.5 Å². The number of benzene rings is 1. The van der Waals surface area contributed by atoms with Crippen molar-refractivity contribution in [3.05, 3.63) is 47.9 Å². The van der Waals surface area contributed by atoms with Crippen molar-refractivity contribution in [3.63, 3.8) is 0 Å². The predicted octanol–water partition coefficient (Wildman–Crippen LogP) is 0.967. The molecule has 10 heteroatoms. The highest BCUT2D eigenvalue weighted by Gasteiger charge is 2.14. The second kappa shape index (κ2) is 7.79. The van der Waals surface area contributed by atoms with Crippen molar-refractivity contribution in [2.75, 3.05) is 17.2 Å².